The van der Waals surface area contributed by atoms with E-state index in [1.54, 1.807) is 6.20 Å². The Balaban J connectivity index is 1.47. The van der Waals surface area contributed by atoms with Crippen LogP contribution in [0.3, 0.4) is 0 Å². The fraction of sp³-hybridized carbons (Fsp3) is 0.500. The normalized spacial score (nSPS) is 22.3. The van der Waals surface area contributed by atoms with Crippen LogP contribution < -0.4 is 21.7 Å². The molecule has 2 fully saturated rings. The number of pyridine rings is 2. The molecule has 1 saturated carbocycles. The molecule has 3 heterocycles. The molecule has 2 atom stereocenters. The zero-order chi connectivity index (χ0) is 20.8. The summed E-state index contributed by atoms with van der Waals surface area (Å²) < 4.78 is 0. The Morgan fingerprint density at radius 3 is 2.87 bits per heavy atom. The lowest BCUT2D eigenvalue weighted by atomic mass is 9.91. The minimum absolute atomic E-state index is 0.147. The molecule has 8 nitrogen and oxygen atoms in total. The highest BCUT2D eigenvalue weighted by atomic mass is 15.2. The number of anilines is 3. The van der Waals surface area contributed by atoms with Gasteiger partial charge in [0.2, 0.25) is 0 Å². The molecule has 0 bridgehead atoms. The number of rotatable bonds is 6. The number of hydrogen-bond acceptors (Lipinski definition) is 8. The molecule has 4 rings (SSSR count). The van der Waals surface area contributed by atoms with E-state index in [-0.39, 0.29) is 12.1 Å². The number of nitrogens with two attached hydrogens (primary N) is 1. The lowest BCUT2D eigenvalue weighted by Gasteiger charge is -2.30. The van der Waals surface area contributed by atoms with Gasteiger partial charge in [-0.1, -0.05) is 18.9 Å². The second kappa shape index (κ2) is 9.85. The van der Waals surface area contributed by atoms with Crippen molar-refractivity contribution in [2.75, 3.05) is 36.8 Å². The van der Waals surface area contributed by atoms with Crippen LogP contribution in [0.15, 0.2) is 30.5 Å². The zero-order valence-electron chi connectivity index (χ0n) is 17.3. The molecule has 0 spiro atoms. The molecule has 0 unspecified atom stereocenters. The molecule has 1 aliphatic carbocycles. The molecule has 30 heavy (non-hydrogen) atoms. The van der Waals surface area contributed by atoms with E-state index < -0.39 is 0 Å². The molecule has 1 saturated heterocycles. The first-order valence-electron chi connectivity index (χ1n) is 10.8. The second-order valence-corrected chi connectivity index (χ2v) is 8.10. The molecular weight excluding hydrogens is 376 g/mol. The Kier molecular flexibility index (Phi) is 6.74. The smallest absolute Gasteiger partial charge is 0.164 e. The highest BCUT2D eigenvalue weighted by Gasteiger charge is 2.22. The molecule has 0 aromatic carbocycles. The van der Waals surface area contributed by atoms with Crippen molar-refractivity contribution >= 4 is 17.2 Å². The number of aromatic nitrogens is 2. The van der Waals surface area contributed by atoms with Crippen LogP contribution in [0.25, 0.3) is 0 Å². The van der Waals surface area contributed by atoms with Gasteiger partial charge in [-0.05, 0) is 31.0 Å². The molecule has 1 aliphatic heterocycles. The minimum atomic E-state index is 0.147. The lowest BCUT2D eigenvalue weighted by molar-refractivity contribution is 0.231. The average Bonchev–Trinajstić information content (AvgIpc) is 2.77. The van der Waals surface area contributed by atoms with E-state index in [0.29, 0.717) is 17.2 Å². The summed E-state index contributed by atoms with van der Waals surface area (Å²) in [5.41, 5.74) is 9.15. The molecule has 0 radical (unpaired) electrons. The summed E-state index contributed by atoms with van der Waals surface area (Å²) in [6.45, 7) is 4.90. The number of piperazine rings is 1. The van der Waals surface area contributed by atoms with Gasteiger partial charge in [0.15, 0.2) is 5.69 Å². The van der Waals surface area contributed by atoms with E-state index in [9.17, 15) is 5.26 Å². The largest absolute Gasteiger partial charge is 0.379 e. The number of nitrogens with zero attached hydrogens (tertiary/aromatic N) is 4. The topological polar surface area (TPSA) is 115 Å². The maximum Gasteiger partial charge on any atom is 0.164 e. The van der Waals surface area contributed by atoms with Crippen LogP contribution in [0.1, 0.15) is 37.1 Å². The van der Waals surface area contributed by atoms with Gasteiger partial charge >= 0.3 is 0 Å². The third-order valence-electron chi connectivity index (χ3n) is 5.83. The lowest BCUT2D eigenvalue weighted by Crippen LogP contribution is -2.43. The van der Waals surface area contributed by atoms with Gasteiger partial charge in [0.05, 0.1) is 23.3 Å². The maximum absolute atomic E-state index is 9.50. The summed E-state index contributed by atoms with van der Waals surface area (Å²) >= 11 is 0. The minimum Gasteiger partial charge on any atom is -0.379 e. The predicted octanol–water partition coefficient (Wildman–Crippen LogP) is 2.18. The van der Waals surface area contributed by atoms with E-state index in [1.807, 2.05) is 24.3 Å². The maximum atomic E-state index is 9.50. The van der Waals surface area contributed by atoms with Crippen LogP contribution in [0.5, 0.6) is 0 Å². The third kappa shape index (κ3) is 5.25. The van der Waals surface area contributed by atoms with E-state index in [4.69, 9.17) is 10.7 Å². The van der Waals surface area contributed by atoms with Crippen molar-refractivity contribution in [2.45, 2.75) is 44.3 Å². The van der Waals surface area contributed by atoms with Gasteiger partial charge in [-0.25, -0.2) is 9.97 Å². The van der Waals surface area contributed by atoms with Crippen molar-refractivity contribution in [3.8, 4) is 6.07 Å². The summed E-state index contributed by atoms with van der Waals surface area (Å²) in [5, 5.41) is 19.7. The van der Waals surface area contributed by atoms with Crippen LogP contribution in [0.4, 0.5) is 17.2 Å². The van der Waals surface area contributed by atoms with E-state index >= 15 is 0 Å². The van der Waals surface area contributed by atoms with E-state index in [1.165, 1.54) is 12.8 Å². The van der Waals surface area contributed by atoms with Crippen molar-refractivity contribution in [1.29, 1.82) is 5.26 Å². The molecule has 8 heteroatoms. The van der Waals surface area contributed by atoms with Crippen molar-refractivity contribution in [3.63, 3.8) is 0 Å². The highest BCUT2D eigenvalue weighted by Crippen LogP contribution is 2.25. The van der Waals surface area contributed by atoms with Gasteiger partial charge in [-0.15, -0.1) is 0 Å². The Morgan fingerprint density at radius 2 is 2.07 bits per heavy atom. The Hall–Kier alpha value is -2.73. The Bertz CT molecular complexity index is 887. The van der Waals surface area contributed by atoms with Crippen molar-refractivity contribution in [1.82, 2.24) is 20.2 Å². The summed E-state index contributed by atoms with van der Waals surface area (Å²) in [7, 11) is 0. The van der Waals surface area contributed by atoms with Crippen LogP contribution in [-0.2, 0) is 6.54 Å². The highest BCUT2D eigenvalue weighted by molar-refractivity contribution is 5.67. The first kappa shape index (κ1) is 20.5. The van der Waals surface area contributed by atoms with Crippen LogP contribution >= 0.6 is 0 Å². The van der Waals surface area contributed by atoms with Crippen LogP contribution in [-0.4, -0.2) is 53.1 Å². The zero-order valence-corrected chi connectivity index (χ0v) is 17.3. The molecule has 5 N–H and O–H groups in total. The fourth-order valence-corrected chi connectivity index (χ4v) is 4.15. The van der Waals surface area contributed by atoms with Gasteiger partial charge < -0.3 is 21.7 Å². The monoisotopic (exact) mass is 406 g/mol. The SMILES string of the molecule is N#Cc1ncc(N[C@@H]2CCCC[C@@H]2N)cc1Nc1cccc(CN2CCNCC2)n1. The van der Waals surface area contributed by atoms with E-state index in [2.05, 4.69) is 31.9 Å². The molecule has 158 valence electrons. The molecule has 2 aromatic heterocycles. The van der Waals surface area contributed by atoms with Gasteiger partial charge in [0.1, 0.15) is 11.9 Å². The number of nitriles is 1. The summed E-state index contributed by atoms with van der Waals surface area (Å²) in [4.78, 5) is 11.5. The standard InChI is InChI=1S/C22H30N8/c23-13-21-20(12-17(14-26-21)27-19-6-2-1-5-18(19)24)29-22-7-3-4-16(28-22)15-30-10-8-25-9-11-30/h3-4,7,12,14,18-19,25,27H,1-2,5-6,8-11,15,24H2,(H,28,29)/t18-,19+/m0/s1. The van der Waals surface area contributed by atoms with Gasteiger partial charge in [0.25, 0.3) is 0 Å². The summed E-state index contributed by atoms with van der Waals surface area (Å²) in [6.07, 6.45) is 6.17. The van der Waals surface area contributed by atoms with Crippen LogP contribution in [0, 0.1) is 11.3 Å². The van der Waals surface area contributed by atoms with E-state index in [0.717, 1.165) is 56.9 Å². The van der Waals surface area contributed by atoms with Crippen molar-refractivity contribution < 1.29 is 0 Å². The predicted molar refractivity (Wildman–Crippen MR) is 118 cm³/mol. The Labute approximate surface area is 177 Å². The van der Waals surface area contributed by atoms with Crippen molar-refractivity contribution in [3.05, 3.63) is 41.9 Å². The van der Waals surface area contributed by atoms with Gasteiger partial charge in [-0.2, -0.15) is 5.26 Å². The van der Waals surface area contributed by atoms with Crippen molar-refractivity contribution in [2.24, 2.45) is 5.73 Å². The summed E-state index contributed by atoms with van der Waals surface area (Å²) in [5.74, 6) is 0.715. The molecular formula is C22H30N8. The molecule has 2 aliphatic rings. The van der Waals surface area contributed by atoms with Gasteiger partial charge in [0, 0.05) is 44.8 Å². The summed E-state index contributed by atoms with van der Waals surface area (Å²) in [6, 6.07) is 10.4. The fourth-order valence-electron chi connectivity index (χ4n) is 4.15. The quantitative estimate of drug-likeness (QED) is 0.577. The second-order valence-electron chi connectivity index (χ2n) is 8.10. The number of hydrogen-bond donors (Lipinski definition) is 4. The molecule has 2 aromatic rings. The average molecular weight is 407 g/mol. The Morgan fingerprint density at radius 1 is 1.23 bits per heavy atom. The first-order valence-corrected chi connectivity index (χ1v) is 10.8. The van der Waals surface area contributed by atoms with Crippen LogP contribution in [0.2, 0.25) is 0 Å². The first-order chi connectivity index (χ1) is 14.7. The third-order valence-corrected chi connectivity index (χ3v) is 5.83. The van der Waals surface area contributed by atoms with Gasteiger partial charge in [-0.3, -0.25) is 4.90 Å². The molecule has 0 amide bonds. The number of nitrogens with one attached hydrogen (secondary N) is 3.